The Balaban J connectivity index is 1.94. The predicted molar refractivity (Wildman–Crippen MR) is 78.4 cm³/mol. The molecule has 0 N–H and O–H groups in total. The fraction of sp³-hybridized carbons (Fsp3) is 0.600. The van der Waals surface area contributed by atoms with Crippen LogP contribution < -0.4 is 11.2 Å². The summed E-state index contributed by atoms with van der Waals surface area (Å²) >= 11 is 0. The minimum absolute atomic E-state index is 0.0524. The van der Waals surface area contributed by atoms with Gasteiger partial charge in [-0.05, 0) is 32.1 Å². The number of hydrogen-bond acceptors (Lipinski definition) is 4. The van der Waals surface area contributed by atoms with Crippen LogP contribution in [0.2, 0.25) is 0 Å². The summed E-state index contributed by atoms with van der Waals surface area (Å²) in [7, 11) is 0. The minimum Gasteiger partial charge on any atom is -0.341 e. The summed E-state index contributed by atoms with van der Waals surface area (Å²) in [6, 6.07) is 1.87. The van der Waals surface area contributed by atoms with Gasteiger partial charge in [0.05, 0.1) is 0 Å². The van der Waals surface area contributed by atoms with Gasteiger partial charge in [0, 0.05) is 25.3 Å². The maximum absolute atomic E-state index is 12.4. The van der Waals surface area contributed by atoms with E-state index in [-0.39, 0.29) is 24.1 Å². The summed E-state index contributed by atoms with van der Waals surface area (Å²) in [4.78, 5) is 38.6. The van der Waals surface area contributed by atoms with Gasteiger partial charge in [0.25, 0.3) is 5.56 Å². The lowest BCUT2D eigenvalue weighted by Crippen LogP contribution is -2.46. The van der Waals surface area contributed by atoms with Crippen LogP contribution in [0, 0.1) is 11.3 Å². The molecule has 1 amide bonds. The molecule has 116 valence electrons. The molecular weight excluding hydrogens is 284 g/mol. The van der Waals surface area contributed by atoms with Crippen molar-refractivity contribution in [2.24, 2.45) is 0 Å². The lowest BCUT2D eigenvalue weighted by Gasteiger charge is -2.26. The van der Waals surface area contributed by atoms with Crippen molar-refractivity contribution in [2.75, 3.05) is 13.1 Å². The van der Waals surface area contributed by atoms with E-state index in [2.05, 4.69) is 0 Å². The topological polar surface area (TPSA) is 88.1 Å². The zero-order valence-electron chi connectivity index (χ0n) is 12.3. The molecular formula is C15H18N4O3. The molecule has 1 aliphatic heterocycles. The standard InChI is InChI=1S/C15H18N4O3/c16-8-11-9-18(12-4-5-12)15(22)19(14(11)21)10-13(20)17-6-2-1-3-7-17/h9,12H,1-7,10H2. The average molecular weight is 302 g/mol. The van der Waals surface area contributed by atoms with E-state index in [0.717, 1.165) is 36.7 Å². The van der Waals surface area contributed by atoms with Crippen LogP contribution in [0.15, 0.2) is 15.8 Å². The summed E-state index contributed by atoms with van der Waals surface area (Å²) in [6.45, 7) is 1.06. The third-order valence-corrected chi connectivity index (χ3v) is 4.26. The van der Waals surface area contributed by atoms with E-state index in [1.54, 1.807) is 4.90 Å². The van der Waals surface area contributed by atoms with E-state index < -0.39 is 11.2 Å². The summed E-state index contributed by atoms with van der Waals surface area (Å²) in [5.41, 5.74) is -1.25. The first-order valence-electron chi connectivity index (χ1n) is 7.65. The molecule has 1 saturated carbocycles. The van der Waals surface area contributed by atoms with Crippen molar-refractivity contribution in [1.29, 1.82) is 5.26 Å². The Bertz CT molecular complexity index is 746. The fourth-order valence-corrected chi connectivity index (χ4v) is 2.83. The normalized spacial score (nSPS) is 18.0. The molecule has 7 nitrogen and oxygen atoms in total. The molecule has 2 fully saturated rings. The molecule has 0 aromatic carbocycles. The molecule has 2 heterocycles. The number of rotatable bonds is 3. The SMILES string of the molecule is N#Cc1cn(C2CC2)c(=O)n(CC(=O)N2CCCCC2)c1=O. The lowest BCUT2D eigenvalue weighted by atomic mass is 10.1. The van der Waals surface area contributed by atoms with Gasteiger partial charge in [-0.25, -0.2) is 9.36 Å². The van der Waals surface area contributed by atoms with Crippen LogP contribution in [0.5, 0.6) is 0 Å². The Hall–Kier alpha value is -2.36. The van der Waals surface area contributed by atoms with Gasteiger partial charge in [0.2, 0.25) is 5.91 Å². The van der Waals surface area contributed by atoms with Crippen molar-refractivity contribution in [1.82, 2.24) is 14.0 Å². The highest BCUT2D eigenvalue weighted by atomic mass is 16.2. The molecule has 0 bridgehead atoms. The van der Waals surface area contributed by atoms with Gasteiger partial charge in [-0.1, -0.05) is 0 Å². The number of carbonyl (C=O) groups is 1. The Labute approximate surface area is 127 Å². The molecule has 1 saturated heterocycles. The van der Waals surface area contributed by atoms with Gasteiger partial charge in [-0.15, -0.1) is 0 Å². The largest absolute Gasteiger partial charge is 0.341 e. The number of likely N-dealkylation sites (tertiary alicyclic amines) is 1. The fourth-order valence-electron chi connectivity index (χ4n) is 2.83. The highest BCUT2D eigenvalue weighted by Gasteiger charge is 2.28. The second-order valence-corrected chi connectivity index (χ2v) is 5.91. The van der Waals surface area contributed by atoms with Crippen LogP contribution in [0.1, 0.15) is 43.7 Å². The molecule has 0 radical (unpaired) electrons. The Morgan fingerprint density at radius 3 is 2.50 bits per heavy atom. The van der Waals surface area contributed by atoms with Crippen LogP contribution in [0.3, 0.4) is 0 Å². The van der Waals surface area contributed by atoms with Crippen LogP contribution >= 0.6 is 0 Å². The maximum Gasteiger partial charge on any atom is 0.331 e. The van der Waals surface area contributed by atoms with Crippen molar-refractivity contribution >= 4 is 5.91 Å². The first kappa shape index (κ1) is 14.6. The summed E-state index contributed by atoms with van der Waals surface area (Å²) in [5, 5.41) is 9.07. The first-order valence-corrected chi connectivity index (χ1v) is 7.65. The third kappa shape index (κ3) is 2.69. The Morgan fingerprint density at radius 1 is 1.23 bits per heavy atom. The molecule has 1 aromatic rings. The number of carbonyl (C=O) groups excluding carboxylic acids is 1. The highest BCUT2D eigenvalue weighted by molar-refractivity contribution is 5.76. The van der Waals surface area contributed by atoms with Gasteiger partial charge in [-0.3, -0.25) is 14.2 Å². The van der Waals surface area contributed by atoms with Gasteiger partial charge >= 0.3 is 5.69 Å². The second kappa shape index (κ2) is 5.79. The monoisotopic (exact) mass is 302 g/mol. The van der Waals surface area contributed by atoms with Gasteiger partial charge < -0.3 is 4.90 Å². The van der Waals surface area contributed by atoms with Crippen LogP contribution in [0.4, 0.5) is 0 Å². The van der Waals surface area contributed by atoms with E-state index in [9.17, 15) is 14.4 Å². The zero-order chi connectivity index (χ0) is 15.7. The van der Waals surface area contributed by atoms with Gasteiger partial charge in [0.1, 0.15) is 18.2 Å². The number of nitrogens with zero attached hydrogens (tertiary/aromatic N) is 4. The van der Waals surface area contributed by atoms with E-state index in [1.165, 1.54) is 10.8 Å². The number of nitriles is 1. The zero-order valence-corrected chi connectivity index (χ0v) is 12.3. The molecule has 22 heavy (non-hydrogen) atoms. The van der Waals surface area contributed by atoms with Crippen molar-refractivity contribution in [3.63, 3.8) is 0 Å². The molecule has 1 aromatic heterocycles. The summed E-state index contributed by atoms with van der Waals surface area (Å²) in [5.74, 6) is -0.226. The molecule has 0 atom stereocenters. The van der Waals surface area contributed by atoms with Crippen molar-refractivity contribution < 1.29 is 4.79 Å². The van der Waals surface area contributed by atoms with Crippen LogP contribution in [-0.4, -0.2) is 33.0 Å². The third-order valence-electron chi connectivity index (χ3n) is 4.26. The molecule has 7 heteroatoms. The molecule has 3 rings (SSSR count). The molecule has 1 aliphatic carbocycles. The van der Waals surface area contributed by atoms with Gasteiger partial charge in [-0.2, -0.15) is 5.26 Å². The van der Waals surface area contributed by atoms with Crippen molar-refractivity contribution in [3.05, 3.63) is 32.6 Å². The Kier molecular flexibility index (Phi) is 3.84. The number of aromatic nitrogens is 2. The average Bonchev–Trinajstić information content (AvgIpc) is 3.37. The second-order valence-electron chi connectivity index (χ2n) is 5.91. The molecule has 0 unspecified atom stereocenters. The minimum atomic E-state index is -0.672. The van der Waals surface area contributed by atoms with Crippen LogP contribution in [-0.2, 0) is 11.3 Å². The quantitative estimate of drug-likeness (QED) is 0.799. The van der Waals surface area contributed by atoms with Crippen molar-refractivity contribution in [2.45, 2.75) is 44.7 Å². The first-order chi connectivity index (χ1) is 10.6. The van der Waals surface area contributed by atoms with Crippen molar-refractivity contribution in [3.8, 4) is 6.07 Å². The molecule has 0 spiro atoms. The number of piperidine rings is 1. The number of hydrogen-bond donors (Lipinski definition) is 0. The smallest absolute Gasteiger partial charge is 0.331 e. The van der Waals surface area contributed by atoms with Gasteiger partial charge in [0.15, 0.2) is 0 Å². The predicted octanol–water partition coefficient (Wildman–Crippen LogP) is 0.229. The highest BCUT2D eigenvalue weighted by Crippen LogP contribution is 2.33. The Morgan fingerprint density at radius 2 is 1.91 bits per heavy atom. The van der Waals surface area contributed by atoms with E-state index in [0.29, 0.717) is 13.1 Å². The van der Waals surface area contributed by atoms with E-state index in [4.69, 9.17) is 5.26 Å². The summed E-state index contributed by atoms with van der Waals surface area (Å²) < 4.78 is 2.33. The number of amides is 1. The maximum atomic E-state index is 12.4. The van der Waals surface area contributed by atoms with E-state index >= 15 is 0 Å². The van der Waals surface area contributed by atoms with E-state index in [1.807, 2.05) is 6.07 Å². The lowest BCUT2D eigenvalue weighted by molar-refractivity contribution is -0.132. The molecule has 2 aliphatic rings. The summed E-state index contributed by atoms with van der Waals surface area (Å²) in [6.07, 6.45) is 6.05. The van der Waals surface area contributed by atoms with Crippen LogP contribution in [0.25, 0.3) is 0 Å².